The molecule has 0 spiro atoms. The van der Waals surface area contributed by atoms with E-state index in [1.165, 1.54) is 11.8 Å². The van der Waals surface area contributed by atoms with Crippen LogP contribution in [0.2, 0.25) is 0 Å². The molecular formula is C13H14O3S. The van der Waals surface area contributed by atoms with Crippen LogP contribution in [0.4, 0.5) is 0 Å². The number of ether oxygens (including phenoxy) is 1. The fourth-order valence-electron chi connectivity index (χ4n) is 1.04. The lowest BCUT2D eigenvalue weighted by Crippen LogP contribution is -2.02. The van der Waals surface area contributed by atoms with Gasteiger partial charge in [0.1, 0.15) is 0 Å². The van der Waals surface area contributed by atoms with Gasteiger partial charge in [-0.15, -0.1) is 0 Å². The lowest BCUT2D eigenvalue weighted by atomic mass is 10.2. The van der Waals surface area contributed by atoms with E-state index in [9.17, 15) is 9.59 Å². The van der Waals surface area contributed by atoms with Crippen molar-refractivity contribution in [3.8, 4) is 0 Å². The maximum absolute atomic E-state index is 11.5. The van der Waals surface area contributed by atoms with Crippen molar-refractivity contribution >= 4 is 22.8 Å². The molecule has 0 fully saturated rings. The van der Waals surface area contributed by atoms with Gasteiger partial charge in [-0.1, -0.05) is 32.2 Å². The first-order chi connectivity index (χ1) is 8.04. The summed E-state index contributed by atoms with van der Waals surface area (Å²) in [5.74, 6) is -0.461. The summed E-state index contributed by atoms with van der Waals surface area (Å²) >= 11 is 1.17. The number of hydrogen-bond donors (Lipinski definition) is 0. The molecule has 0 atom stereocenters. The van der Waals surface area contributed by atoms with E-state index in [1.54, 1.807) is 24.3 Å². The number of esters is 1. The molecule has 90 valence electrons. The van der Waals surface area contributed by atoms with Gasteiger partial charge in [-0.05, 0) is 24.3 Å². The van der Waals surface area contributed by atoms with E-state index in [2.05, 4.69) is 11.3 Å². The van der Waals surface area contributed by atoms with E-state index >= 15 is 0 Å². The van der Waals surface area contributed by atoms with Gasteiger partial charge in [0.2, 0.25) is 0 Å². The summed E-state index contributed by atoms with van der Waals surface area (Å²) in [5.41, 5.74) is 0.436. The van der Waals surface area contributed by atoms with E-state index in [0.29, 0.717) is 5.56 Å². The Morgan fingerprint density at radius 1 is 1.29 bits per heavy atom. The van der Waals surface area contributed by atoms with E-state index in [4.69, 9.17) is 0 Å². The number of benzene rings is 1. The molecule has 0 bridgehead atoms. The standard InChI is InChI=1S/C13H14O3S/c1-4-16-12(14)10-5-7-11(8-6-10)17-13(15)9(2)3/h4-9H,1H2,2-3H3. The molecule has 0 unspecified atom stereocenters. The van der Waals surface area contributed by atoms with Crippen molar-refractivity contribution in [2.75, 3.05) is 0 Å². The van der Waals surface area contributed by atoms with Gasteiger partial charge < -0.3 is 4.74 Å². The summed E-state index contributed by atoms with van der Waals surface area (Å²) in [6.07, 6.45) is 1.09. The average molecular weight is 250 g/mol. The van der Waals surface area contributed by atoms with Crippen LogP contribution in [0.5, 0.6) is 0 Å². The first-order valence-electron chi connectivity index (χ1n) is 5.18. The molecule has 0 saturated carbocycles. The second kappa shape index (κ2) is 6.25. The van der Waals surface area contributed by atoms with Gasteiger partial charge in [-0.2, -0.15) is 0 Å². The van der Waals surface area contributed by atoms with Crippen LogP contribution in [0.15, 0.2) is 42.0 Å². The molecule has 0 heterocycles. The zero-order valence-electron chi connectivity index (χ0n) is 9.80. The molecule has 1 rings (SSSR count). The number of carbonyl (C=O) groups excluding carboxylic acids is 2. The van der Waals surface area contributed by atoms with Gasteiger partial charge in [-0.25, -0.2) is 4.79 Å². The molecule has 0 amide bonds. The molecular weight excluding hydrogens is 236 g/mol. The molecule has 0 aliphatic heterocycles. The van der Waals surface area contributed by atoms with E-state index < -0.39 is 5.97 Å². The SMILES string of the molecule is C=COC(=O)c1ccc(SC(=O)C(C)C)cc1. The van der Waals surface area contributed by atoms with E-state index in [-0.39, 0.29) is 11.0 Å². The highest BCUT2D eigenvalue weighted by Crippen LogP contribution is 2.22. The summed E-state index contributed by atoms with van der Waals surface area (Å²) in [6, 6.07) is 6.71. The van der Waals surface area contributed by atoms with E-state index in [1.807, 2.05) is 13.8 Å². The zero-order chi connectivity index (χ0) is 12.8. The van der Waals surface area contributed by atoms with Crippen LogP contribution < -0.4 is 0 Å². The van der Waals surface area contributed by atoms with Crippen molar-refractivity contribution in [2.24, 2.45) is 5.92 Å². The molecule has 1 aromatic carbocycles. The van der Waals surface area contributed by atoms with Crippen molar-refractivity contribution in [2.45, 2.75) is 18.7 Å². The van der Waals surface area contributed by atoms with Gasteiger partial charge in [-0.3, -0.25) is 4.79 Å². The number of carbonyl (C=O) groups is 2. The number of rotatable bonds is 4. The van der Waals surface area contributed by atoms with Crippen molar-refractivity contribution in [1.82, 2.24) is 0 Å². The molecule has 1 aromatic rings. The van der Waals surface area contributed by atoms with Crippen molar-refractivity contribution < 1.29 is 14.3 Å². The van der Waals surface area contributed by atoms with Gasteiger partial charge in [0.15, 0.2) is 5.12 Å². The molecule has 0 aliphatic rings. The second-order valence-electron chi connectivity index (χ2n) is 3.67. The van der Waals surface area contributed by atoms with Crippen LogP contribution >= 0.6 is 11.8 Å². The minimum absolute atomic E-state index is 0.00888. The summed E-state index contributed by atoms with van der Waals surface area (Å²) in [6.45, 7) is 7.02. The lowest BCUT2D eigenvalue weighted by molar-refractivity contribution is -0.113. The molecule has 0 radical (unpaired) electrons. The summed E-state index contributed by atoms with van der Waals surface area (Å²) in [4.78, 5) is 23.6. The Morgan fingerprint density at radius 2 is 1.88 bits per heavy atom. The Bertz CT molecular complexity index is 421. The fourth-order valence-corrected chi connectivity index (χ4v) is 1.78. The van der Waals surface area contributed by atoms with Crippen LogP contribution in [-0.2, 0) is 9.53 Å². The van der Waals surface area contributed by atoms with Crippen molar-refractivity contribution in [1.29, 1.82) is 0 Å². The second-order valence-corrected chi connectivity index (χ2v) is 4.75. The molecule has 4 heteroatoms. The summed E-state index contributed by atoms with van der Waals surface area (Å²) < 4.78 is 4.64. The number of hydrogen-bond acceptors (Lipinski definition) is 4. The highest BCUT2D eigenvalue weighted by Gasteiger charge is 2.10. The molecule has 0 aromatic heterocycles. The highest BCUT2D eigenvalue weighted by molar-refractivity contribution is 8.13. The van der Waals surface area contributed by atoms with Gasteiger partial charge in [0.25, 0.3) is 0 Å². The Labute approximate surface area is 105 Å². The van der Waals surface area contributed by atoms with Gasteiger partial charge >= 0.3 is 5.97 Å². The summed E-state index contributed by atoms with van der Waals surface area (Å²) in [5, 5.41) is 0.103. The van der Waals surface area contributed by atoms with Crippen LogP contribution in [0.25, 0.3) is 0 Å². The Morgan fingerprint density at radius 3 is 2.35 bits per heavy atom. The number of thioether (sulfide) groups is 1. The quantitative estimate of drug-likeness (QED) is 0.467. The largest absolute Gasteiger partial charge is 0.432 e. The molecule has 0 N–H and O–H groups in total. The highest BCUT2D eigenvalue weighted by atomic mass is 32.2. The smallest absolute Gasteiger partial charge is 0.342 e. The molecule has 3 nitrogen and oxygen atoms in total. The maximum atomic E-state index is 11.5. The minimum atomic E-state index is -0.452. The van der Waals surface area contributed by atoms with Crippen LogP contribution in [0.1, 0.15) is 24.2 Å². The predicted molar refractivity (Wildman–Crippen MR) is 67.8 cm³/mol. The van der Waals surface area contributed by atoms with Crippen LogP contribution in [0.3, 0.4) is 0 Å². The molecule has 0 saturated heterocycles. The minimum Gasteiger partial charge on any atom is -0.432 e. The third-order valence-corrected chi connectivity index (χ3v) is 3.15. The fraction of sp³-hybridized carbons (Fsp3) is 0.231. The van der Waals surface area contributed by atoms with Crippen LogP contribution in [0, 0.1) is 5.92 Å². The van der Waals surface area contributed by atoms with E-state index in [0.717, 1.165) is 11.2 Å². The first-order valence-corrected chi connectivity index (χ1v) is 6.00. The van der Waals surface area contributed by atoms with Crippen LogP contribution in [-0.4, -0.2) is 11.1 Å². The van der Waals surface area contributed by atoms with Gasteiger partial charge in [0, 0.05) is 10.8 Å². The average Bonchev–Trinajstić information content (AvgIpc) is 2.30. The monoisotopic (exact) mass is 250 g/mol. The summed E-state index contributed by atoms with van der Waals surface area (Å²) in [7, 11) is 0. The molecule has 0 aliphatic carbocycles. The predicted octanol–water partition coefficient (Wildman–Crippen LogP) is 3.26. The third-order valence-electron chi connectivity index (χ3n) is 1.97. The zero-order valence-corrected chi connectivity index (χ0v) is 10.6. The molecule has 17 heavy (non-hydrogen) atoms. The normalized spacial score (nSPS) is 10.1. The lowest BCUT2D eigenvalue weighted by Gasteiger charge is -2.04. The first kappa shape index (κ1) is 13.5. The van der Waals surface area contributed by atoms with Crippen molar-refractivity contribution in [3.05, 3.63) is 42.7 Å². The topological polar surface area (TPSA) is 43.4 Å². The van der Waals surface area contributed by atoms with Crippen molar-refractivity contribution in [3.63, 3.8) is 0 Å². The maximum Gasteiger partial charge on any atom is 0.342 e. The van der Waals surface area contributed by atoms with Gasteiger partial charge in [0.05, 0.1) is 11.8 Å². The Hall–Kier alpha value is -1.55. The Kier molecular flexibility index (Phi) is 4.97. The Balaban J connectivity index is 2.71. The third kappa shape index (κ3) is 4.07.